The van der Waals surface area contributed by atoms with Crippen molar-refractivity contribution in [1.82, 2.24) is 30.7 Å². The van der Waals surface area contributed by atoms with Crippen molar-refractivity contribution >= 4 is 51.1 Å². The van der Waals surface area contributed by atoms with Crippen LogP contribution in [-0.4, -0.2) is 328 Å². The first-order chi connectivity index (χ1) is 42.5. The molecule has 0 spiro atoms. The second-order valence-electron chi connectivity index (χ2n) is 21.3. The molecule has 37 nitrogen and oxygen atoms in total. The summed E-state index contributed by atoms with van der Waals surface area (Å²) in [5.41, 5.74) is 0. The maximum absolute atomic E-state index is 13.7. The van der Waals surface area contributed by atoms with E-state index in [9.17, 15) is 98.7 Å². The molecule has 524 valence electrons. The van der Waals surface area contributed by atoms with Crippen molar-refractivity contribution in [2.45, 2.75) is 171 Å². The molecule has 0 saturated carbocycles. The van der Waals surface area contributed by atoms with Crippen molar-refractivity contribution in [3.05, 3.63) is 0 Å². The summed E-state index contributed by atoms with van der Waals surface area (Å²) in [6, 6.07) is -3.72. The van der Waals surface area contributed by atoms with Crippen LogP contribution in [0, 0.1) is 0 Å². The van der Waals surface area contributed by atoms with Gasteiger partial charge in [0.25, 0.3) is 0 Å². The molecule has 17 atom stereocenters. The van der Waals surface area contributed by atoms with Gasteiger partial charge in [-0.25, -0.2) is 9.13 Å². The summed E-state index contributed by atoms with van der Waals surface area (Å²) in [5, 5.41) is 108. The largest absolute Gasteiger partial charge is 0.472 e. The first-order valence-electron chi connectivity index (χ1n) is 29.3. The van der Waals surface area contributed by atoms with Crippen LogP contribution in [0.1, 0.15) is 73.1 Å². The van der Waals surface area contributed by atoms with Crippen LogP contribution in [0.15, 0.2) is 0 Å². The number of nitrogens with zero attached hydrogens (tertiary/aromatic N) is 3. The van der Waals surface area contributed by atoms with Crippen LogP contribution in [-0.2, 0) is 89.2 Å². The minimum Gasteiger partial charge on any atom is -0.395 e. The molecular weight excluding hydrogens is 1250 g/mol. The monoisotopic (exact) mass is 1350 g/mol. The number of amides is 6. The first-order valence-corrected chi connectivity index (χ1v) is 32.3. The summed E-state index contributed by atoms with van der Waals surface area (Å²) < 4.78 is 85.9. The average Bonchev–Trinajstić information content (AvgIpc) is 0.890. The number of carbonyl (C=O) groups is 6. The third kappa shape index (κ3) is 28.1. The van der Waals surface area contributed by atoms with E-state index in [0.717, 1.165) is 23.6 Å². The lowest BCUT2D eigenvalue weighted by Gasteiger charge is -2.42. The predicted octanol–water partition coefficient (Wildman–Crippen LogP) is -6.62. The Labute approximate surface area is 520 Å². The molecule has 90 heavy (non-hydrogen) atoms. The molecule has 0 aliphatic carbocycles. The molecule has 0 bridgehead atoms. The van der Waals surface area contributed by atoms with Crippen LogP contribution >= 0.6 is 15.6 Å². The Bertz CT molecular complexity index is 2270. The lowest BCUT2D eigenvalue weighted by atomic mass is 9.97. The average molecular weight is 1350 g/mol. The van der Waals surface area contributed by atoms with Crippen LogP contribution in [0.3, 0.4) is 0 Å². The van der Waals surface area contributed by atoms with E-state index in [1.54, 1.807) is 13.8 Å². The number of phosphoric ester groups is 2. The molecule has 3 aliphatic heterocycles. The second kappa shape index (κ2) is 41.2. The van der Waals surface area contributed by atoms with Crippen LogP contribution in [0.5, 0.6) is 0 Å². The smallest absolute Gasteiger partial charge is 0.395 e. The lowest BCUT2D eigenvalue weighted by Crippen LogP contribution is -2.64. The summed E-state index contributed by atoms with van der Waals surface area (Å²) in [7, 11) is -9.90. The Morgan fingerprint density at radius 2 is 0.700 bits per heavy atom. The fourth-order valence-corrected chi connectivity index (χ4v) is 10.7. The van der Waals surface area contributed by atoms with Crippen molar-refractivity contribution in [2.24, 2.45) is 0 Å². The fourth-order valence-electron chi connectivity index (χ4n) is 9.32. The summed E-state index contributed by atoms with van der Waals surface area (Å²) in [6.07, 6.45) is -18.1. The molecule has 3 saturated heterocycles. The molecule has 39 heteroatoms. The number of rotatable bonds is 43. The quantitative estimate of drug-likeness (QED) is 0.0199. The summed E-state index contributed by atoms with van der Waals surface area (Å²) in [5.74, 6) is -3.47. The summed E-state index contributed by atoms with van der Waals surface area (Å²) in [6.45, 7) is -0.393. The highest BCUT2D eigenvalue weighted by molar-refractivity contribution is 7.47. The highest BCUT2D eigenvalue weighted by atomic mass is 31.2. The van der Waals surface area contributed by atoms with Crippen molar-refractivity contribution in [3.63, 3.8) is 0 Å². The minimum absolute atomic E-state index is 0.0150. The Hall–Kier alpha value is -3.64. The lowest BCUT2D eigenvalue weighted by molar-refractivity contribution is -0.270. The molecule has 3 aliphatic rings. The number of hydrogen-bond donors (Lipinski definition) is 15. The Kier molecular flexibility index (Phi) is 36.9. The van der Waals surface area contributed by atoms with E-state index in [1.807, 2.05) is 0 Å². The third-order valence-electron chi connectivity index (χ3n) is 13.9. The Balaban J connectivity index is 1.62. The van der Waals surface area contributed by atoms with Gasteiger partial charge in [0, 0.05) is 79.3 Å². The van der Waals surface area contributed by atoms with Crippen LogP contribution < -0.4 is 16.0 Å². The predicted molar refractivity (Wildman–Crippen MR) is 303 cm³/mol. The molecule has 3 fully saturated rings. The molecule has 8 unspecified atom stereocenters. The van der Waals surface area contributed by atoms with Crippen LogP contribution in [0.2, 0.25) is 0 Å². The first kappa shape index (κ1) is 80.6. The van der Waals surface area contributed by atoms with Crippen molar-refractivity contribution in [2.75, 3.05) is 119 Å². The molecule has 0 aromatic rings. The van der Waals surface area contributed by atoms with Gasteiger partial charge in [0.15, 0.2) is 18.9 Å². The van der Waals surface area contributed by atoms with E-state index in [0.29, 0.717) is 0 Å². The number of carbonyl (C=O) groups excluding carboxylic acids is 6. The third-order valence-corrected chi connectivity index (χ3v) is 15.9. The molecule has 3 rings (SSSR count). The number of aliphatic hydroxyl groups is 10. The summed E-state index contributed by atoms with van der Waals surface area (Å²) >= 11 is 0. The van der Waals surface area contributed by atoms with Crippen molar-refractivity contribution in [1.29, 1.82) is 0 Å². The van der Waals surface area contributed by atoms with Gasteiger partial charge in [-0.3, -0.25) is 46.9 Å². The molecule has 0 aromatic carbocycles. The van der Waals surface area contributed by atoms with Crippen LogP contribution in [0.4, 0.5) is 0 Å². The van der Waals surface area contributed by atoms with Gasteiger partial charge < -0.3 is 125 Å². The van der Waals surface area contributed by atoms with Gasteiger partial charge in [-0.2, -0.15) is 0 Å². The van der Waals surface area contributed by atoms with E-state index in [1.165, 1.54) is 11.8 Å². The van der Waals surface area contributed by atoms with E-state index >= 15 is 0 Å². The highest BCUT2D eigenvalue weighted by Crippen LogP contribution is 2.44. The van der Waals surface area contributed by atoms with Gasteiger partial charge in [0.1, 0.15) is 73.1 Å². The zero-order chi connectivity index (χ0) is 67.3. The molecule has 0 radical (unpaired) electrons. The number of aliphatic hydroxyl groups excluding tert-OH is 10. The summed E-state index contributed by atoms with van der Waals surface area (Å²) in [4.78, 5) is 100. The van der Waals surface area contributed by atoms with Gasteiger partial charge in [0.05, 0.1) is 85.4 Å². The molecule has 0 aromatic heterocycles. The SMILES string of the molecule is CC(=O)NC1[C@H](OCCCC(=O)N(CCO)CCOP(=O)(O)OCCN(CCOP(=O)(O)OCCN(CCOC(C)C)C(=O)CCCO[C@@H]2OC(CO)[C@H](O)[C@H](O)C2NC(C)=O)C(=O)CCCO[C@@H]2OC(CO)[C@H](O)[C@H](O)C2NC(C)=O)OC(CO)[C@H](O)[C@@H]1O. The standard InChI is InChI=1S/C51H94N6O31P2/c1-30(2)78-22-13-56(38(66)10-7-20-80-50-41(53-32(4)63)47(72)44(69)35(28-60)87-50)15-24-83-90(76,77)85-26-17-57(39(67)11-8-21-81-51-42(54-33(5)64)48(73)45(70)36(29-61)88-51)16-25-84-89(74,75)82-23-14-55(12-18-58)37(65)9-6-19-79-49-40(52-31(3)62)46(71)43(68)34(27-59)86-49/h30,34-36,40-51,58-61,68-73H,6-29H2,1-5H3,(H,52,62)(H,53,63)(H,54,64)(H,74,75)(H,76,77)/t34?,35?,36?,40?,41?,42?,43-,44-,45-,46+,47+,48+,49+,50+,51+/m0/s1. The van der Waals surface area contributed by atoms with Gasteiger partial charge in [-0.1, -0.05) is 0 Å². The van der Waals surface area contributed by atoms with Crippen molar-refractivity contribution < 1.29 is 150 Å². The molecule has 3 heterocycles. The number of nitrogens with one attached hydrogen (secondary N) is 3. The number of ether oxygens (including phenoxy) is 7. The molecule has 15 N–H and O–H groups in total. The number of hydrogen-bond acceptors (Lipinski definition) is 29. The second-order valence-corrected chi connectivity index (χ2v) is 24.2. The van der Waals surface area contributed by atoms with Gasteiger partial charge in [-0.15, -0.1) is 0 Å². The minimum atomic E-state index is -4.95. The van der Waals surface area contributed by atoms with Crippen molar-refractivity contribution in [3.8, 4) is 0 Å². The van der Waals surface area contributed by atoms with E-state index < -0.39 is 209 Å². The van der Waals surface area contributed by atoms with Crippen LogP contribution in [0.25, 0.3) is 0 Å². The molecule has 6 amide bonds. The van der Waals surface area contributed by atoms with E-state index in [2.05, 4.69) is 16.0 Å². The Morgan fingerprint density at radius 3 is 0.944 bits per heavy atom. The molecular formula is C51H94N6O31P2. The zero-order valence-electron chi connectivity index (χ0n) is 51.1. The zero-order valence-corrected chi connectivity index (χ0v) is 52.9. The van der Waals surface area contributed by atoms with Gasteiger partial charge >= 0.3 is 15.6 Å². The maximum atomic E-state index is 13.7. The number of phosphoric acid groups is 2. The highest BCUT2D eigenvalue weighted by Gasteiger charge is 2.48. The maximum Gasteiger partial charge on any atom is 0.472 e. The van der Waals surface area contributed by atoms with E-state index in [4.69, 9.17) is 51.3 Å². The normalized spacial score (nSPS) is 28.3. The Morgan fingerprint density at radius 1 is 0.433 bits per heavy atom. The van der Waals surface area contributed by atoms with E-state index in [-0.39, 0.29) is 97.2 Å². The van der Waals surface area contributed by atoms with Gasteiger partial charge in [0.2, 0.25) is 35.4 Å². The van der Waals surface area contributed by atoms with Gasteiger partial charge in [-0.05, 0) is 33.1 Å². The fraction of sp³-hybridized carbons (Fsp3) is 0.882. The topological polar surface area (TPSA) is 527 Å².